The molecule has 0 saturated heterocycles. The molecule has 0 amide bonds. The van der Waals surface area contributed by atoms with Crippen molar-refractivity contribution in [1.82, 2.24) is 0 Å². The average molecular weight is 1140 g/mol. The molecule has 0 saturated carbocycles. The quantitative estimate of drug-likeness (QED) is 0.0941. The predicted octanol–water partition coefficient (Wildman–Crippen LogP) is 15.8. The van der Waals surface area contributed by atoms with Gasteiger partial charge in [0.2, 0.25) is 0 Å². The van der Waals surface area contributed by atoms with Crippen molar-refractivity contribution in [3.63, 3.8) is 0 Å². The Bertz CT molecular complexity index is 1980. The fourth-order valence-electron chi connectivity index (χ4n) is 3.36. The molecule has 0 aliphatic rings. The average Bonchev–Trinajstić information content (AvgIpc) is 3.14. The van der Waals surface area contributed by atoms with Gasteiger partial charge in [0.05, 0.1) is 41.8 Å². The van der Waals surface area contributed by atoms with E-state index < -0.39 is 0 Å². The molecule has 0 bridgehead atoms. The van der Waals surface area contributed by atoms with Crippen LogP contribution in [0.2, 0.25) is 25.1 Å². The van der Waals surface area contributed by atoms with Crippen molar-refractivity contribution >= 4 is 106 Å². The molecule has 5 aromatic rings. The molecule has 0 unspecified atom stereocenters. The molecule has 300 valence electrons. The number of benzene rings is 5. The molecule has 5 aromatic carbocycles. The minimum absolute atomic E-state index is 0. The Morgan fingerprint density at radius 3 is 0.929 bits per heavy atom. The van der Waals surface area contributed by atoms with E-state index in [-0.39, 0.29) is 41.6 Å². The van der Waals surface area contributed by atoms with Crippen LogP contribution < -0.4 is 0 Å². The molecule has 15 heteroatoms. The van der Waals surface area contributed by atoms with Crippen LogP contribution in [0.3, 0.4) is 0 Å². The zero-order chi connectivity index (χ0) is 41.1. The van der Waals surface area contributed by atoms with Gasteiger partial charge in [-0.05, 0) is 148 Å². The van der Waals surface area contributed by atoms with Crippen LogP contribution in [0.1, 0.15) is 51.9 Å². The van der Waals surface area contributed by atoms with Crippen LogP contribution in [0.15, 0.2) is 99.9 Å². The van der Waals surface area contributed by atoms with E-state index in [1.807, 2.05) is 100 Å². The first-order chi connectivity index (χ1) is 25.1. The number of aryl methyl sites for hydroxylation is 4. The largest absolute Gasteiger partial charge is 1.00 e. The minimum atomic E-state index is 0. The Balaban J connectivity index is -0.000000187. The SMILES string of the molecule is C.Cc1ccc(Br)c(Cl)c1.Cc1ccc(Br)c(Cl)c1.Cc1ccc(C#N)c(Cl)c1.Cc1ccc(C#N)c(Cl)c1.N#Cc1ccc(CBr)cc1Cl.[C-]#N.[C-]#N.[Cu+].[Cu+]. The van der Waals surface area contributed by atoms with Crippen LogP contribution in [-0.2, 0) is 39.5 Å². The Labute approximate surface area is 403 Å². The number of rotatable bonds is 1. The summed E-state index contributed by atoms with van der Waals surface area (Å²) in [7, 11) is 0. The van der Waals surface area contributed by atoms with E-state index in [1.165, 1.54) is 11.1 Å². The van der Waals surface area contributed by atoms with Gasteiger partial charge in [-0.2, -0.15) is 15.8 Å². The molecule has 0 fully saturated rings. The summed E-state index contributed by atoms with van der Waals surface area (Å²) in [5.41, 5.74) is 7.18. The van der Waals surface area contributed by atoms with Crippen LogP contribution in [0.5, 0.6) is 0 Å². The fraction of sp³-hybridized carbons (Fsp3) is 0.146. The molecular formula is C41H33Br3Cl5Cu2N5. The first kappa shape index (κ1) is 62.7. The zero-order valence-electron chi connectivity index (χ0n) is 29.2. The molecule has 5 nitrogen and oxygen atoms in total. The van der Waals surface area contributed by atoms with Crippen molar-refractivity contribution in [2.24, 2.45) is 0 Å². The van der Waals surface area contributed by atoms with Crippen LogP contribution in [0.25, 0.3) is 0 Å². The summed E-state index contributed by atoms with van der Waals surface area (Å²) in [5.74, 6) is 0. The van der Waals surface area contributed by atoms with E-state index in [2.05, 4.69) is 47.8 Å². The number of hydrogen-bond acceptors (Lipinski definition) is 5. The van der Waals surface area contributed by atoms with Crippen molar-refractivity contribution in [2.45, 2.75) is 40.5 Å². The van der Waals surface area contributed by atoms with Crippen molar-refractivity contribution < 1.29 is 34.1 Å². The molecule has 0 N–H and O–H groups in total. The zero-order valence-corrected chi connectivity index (χ0v) is 39.7. The smallest absolute Gasteiger partial charge is 0.512 e. The van der Waals surface area contributed by atoms with Gasteiger partial charge in [-0.25, -0.2) is 0 Å². The van der Waals surface area contributed by atoms with Crippen molar-refractivity contribution in [3.8, 4) is 18.2 Å². The van der Waals surface area contributed by atoms with E-state index in [0.717, 1.165) is 41.0 Å². The normalized spacial score (nSPS) is 8.16. The van der Waals surface area contributed by atoms with Gasteiger partial charge in [0.15, 0.2) is 0 Å². The van der Waals surface area contributed by atoms with Crippen molar-refractivity contribution in [2.75, 3.05) is 0 Å². The van der Waals surface area contributed by atoms with E-state index in [0.29, 0.717) is 31.8 Å². The van der Waals surface area contributed by atoms with Crippen molar-refractivity contribution in [3.05, 3.63) is 183 Å². The number of nitrogens with zero attached hydrogens (tertiary/aromatic N) is 5. The molecular weight excluding hydrogens is 1110 g/mol. The van der Waals surface area contributed by atoms with E-state index in [4.69, 9.17) is 97.5 Å². The van der Waals surface area contributed by atoms with E-state index in [9.17, 15) is 0 Å². The maximum Gasteiger partial charge on any atom is 1.00 e. The summed E-state index contributed by atoms with van der Waals surface area (Å²) in [6.07, 6.45) is 0. The van der Waals surface area contributed by atoms with Gasteiger partial charge in [0.25, 0.3) is 0 Å². The summed E-state index contributed by atoms with van der Waals surface area (Å²) >= 11 is 38.6. The van der Waals surface area contributed by atoms with Gasteiger partial charge in [-0.3, -0.25) is 0 Å². The summed E-state index contributed by atoms with van der Waals surface area (Å²) in [6, 6.07) is 33.8. The Morgan fingerprint density at radius 2 is 0.714 bits per heavy atom. The first-order valence-corrected chi connectivity index (χ1v) is 19.1. The minimum Gasteiger partial charge on any atom is -0.512 e. The van der Waals surface area contributed by atoms with Gasteiger partial charge >= 0.3 is 34.1 Å². The molecule has 0 spiro atoms. The third kappa shape index (κ3) is 26.4. The van der Waals surface area contributed by atoms with Crippen LogP contribution in [-0.4, -0.2) is 0 Å². The molecule has 0 atom stereocenters. The van der Waals surface area contributed by atoms with Crippen LogP contribution in [0, 0.1) is 85.4 Å². The Morgan fingerprint density at radius 1 is 0.464 bits per heavy atom. The Hall–Kier alpha value is -2.52. The number of alkyl halides is 1. The number of nitriles is 3. The molecule has 0 heterocycles. The topological polar surface area (TPSA) is 119 Å². The fourth-order valence-corrected chi connectivity index (χ4v) is 5.47. The second-order valence-electron chi connectivity index (χ2n) is 10.1. The molecule has 0 aromatic heterocycles. The predicted molar refractivity (Wildman–Crippen MR) is 235 cm³/mol. The van der Waals surface area contributed by atoms with Gasteiger partial charge in [0.1, 0.15) is 18.2 Å². The maximum absolute atomic E-state index is 8.54. The second kappa shape index (κ2) is 36.8. The van der Waals surface area contributed by atoms with Crippen LogP contribution in [0.4, 0.5) is 0 Å². The molecule has 5 rings (SSSR count). The monoisotopic (exact) mass is 1130 g/mol. The summed E-state index contributed by atoms with van der Waals surface area (Å²) < 4.78 is 1.91. The summed E-state index contributed by atoms with van der Waals surface area (Å²) in [4.78, 5) is 0. The summed E-state index contributed by atoms with van der Waals surface area (Å²) in [5, 5.41) is 41.9. The van der Waals surface area contributed by atoms with E-state index in [1.54, 1.807) is 36.4 Å². The maximum atomic E-state index is 8.54. The van der Waals surface area contributed by atoms with Gasteiger partial charge < -0.3 is 23.7 Å². The van der Waals surface area contributed by atoms with Gasteiger partial charge in [0, 0.05) is 14.3 Å². The molecule has 0 aliphatic carbocycles. The third-order valence-corrected chi connectivity index (χ3v) is 10.00. The number of halogens is 8. The van der Waals surface area contributed by atoms with Gasteiger partial charge in [-0.15, -0.1) is 0 Å². The number of hydrogen-bond donors (Lipinski definition) is 0. The van der Waals surface area contributed by atoms with Crippen LogP contribution >= 0.6 is 106 Å². The van der Waals surface area contributed by atoms with Crippen molar-refractivity contribution in [1.29, 1.82) is 26.3 Å². The summed E-state index contributed by atoms with van der Waals surface area (Å²) in [6.45, 7) is 17.4. The second-order valence-corrected chi connectivity index (χ2v) is 14.4. The van der Waals surface area contributed by atoms with Gasteiger partial charge in [-0.1, -0.05) is 112 Å². The molecule has 0 aliphatic heterocycles. The van der Waals surface area contributed by atoms with E-state index >= 15 is 0 Å². The molecule has 0 radical (unpaired) electrons. The molecule has 56 heavy (non-hydrogen) atoms. The standard InChI is InChI=1S/C8H5BrClN.2C8H6ClN.2C7H6BrCl.2CN.CH4.2Cu/c9-4-6-1-2-7(5-11)8(10)3-6;2*1-6-2-3-7(5-10)8(9)4-6;2*1-5-2-3-6(8)7(9)4-5;2*1-2;;;/h1-3H,4H2;2*2-4H,1H3;2*2-4H,1H3;;;1H4;;/q;;;;;2*-1;;2*+1. The third-order valence-electron chi connectivity index (χ3n) is 5.95. The first-order valence-electron chi connectivity index (χ1n) is 14.5. The Kier molecular flexibility index (Phi) is 41.2.